The maximum Gasteiger partial charge on any atom is 0.303 e. The van der Waals surface area contributed by atoms with Gasteiger partial charge in [0.1, 0.15) is 0 Å². The number of aromatic nitrogens is 2. The van der Waals surface area contributed by atoms with E-state index in [1.54, 1.807) is 10.7 Å². The average Bonchev–Trinajstić information content (AvgIpc) is 2.58. The third-order valence-corrected chi connectivity index (χ3v) is 2.11. The number of rotatable bonds is 3. The van der Waals surface area contributed by atoms with Gasteiger partial charge in [0.05, 0.1) is 11.7 Å². The van der Waals surface area contributed by atoms with E-state index in [4.69, 9.17) is 5.11 Å². The summed E-state index contributed by atoms with van der Waals surface area (Å²) in [5.41, 5.74) is 1.96. The normalized spacial score (nSPS) is 10.6. The van der Waals surface area contributed by atoms with Crippen LogP contribution in [0.3, 0.4) is 0 Å². The van der Waals surface area contributed by atoms with E-state index in [-0.39, 0.29) is 6.42 Å². The first-order valence-corrected chi connectivity index (χ1v) is 4.40. The number of fused-ring (bicyclic) bond motifs is 1. The van der Waals surface area contributed by atoms with Crippen LogP contribution in [0.15, 0.2) is 30.6 Å². The maximum atomic E-state index is 10.4. The number of nitrogens with zero attached hydrogens (tertiary/aromatic N) is 2. The Balaban J connectivity index is 2.29. The van der Waals surface area contributed by atoms with E-state index >= 15 is 0 Å². The number of aliphatic carboxylic acids is 1. The number of hydrogen-bond acceptors (Lipinski definition) is 2. The van der Waals surface area contributed by atoms with Crippen molar-refractivity contribution in [3.05, 3.63) is 36.2 Å². The molecule has 0 radical (unpaired) electrons. The fourth-order valence-corrected chi connectivity index (χ4v) is 1.42. The van der Waals surface area contributed by atoms with Gasteiger partial charge in [0.25, 0.3) is 0 Å². The number of hydrogen-bond donors (Lipinski definition) is 1. The zero-order valence-corrected chi connectivity index (χ0v) is 7.55. The second-order valence-electron chi connectivity index (χ2n) is 3.09. The Hall–Kier alpha value is -1.84. The number of carboxylic acids is 1. The smallest absolute Gasteiger partial charge is 0.303 e. The summed E-state index contributed by atoms with van der Waals surface area (Å²) in [6.45, 7) is 0. The minimum atomic E-state index is -0.778. The second kappa shape index (κ2) is 3.49. The van der Waals surface area contributed by atoms with Gasteiger partial charge in [-0.2, -0.15) is 5.10 Å². The van der Waals surface area contributed by atoms with Gasteiger partial charge in [-0.05, 0) is 24.1 Å². The molecule has 0 spiro atoms. The zero-order chi connectivity index (χ0) is 9.97. The standard InChI is InChI=1S/C10H10N2O2/c13-10(14)5-4-8-7-11-12-6-2-1-3-9(8)12/h1-3,6-7H,4-5H2,(H,13,14). The molecule has 0 aromatic carbocycles. The molecular formula is C10H10N2O2. The van der Waals surface area contributed by atoms with Gasteiger partial charge in [0.15, 0.2) is 0 Å². The quantitative estimate of drug-likeness (QED) is 0.794. The molecule has 0 atom stereocenters. The lowest BCUT2D eigenvalue weighted by molar-refractivity contribution is -0.136. The third kappa shape index (κ3) is 1.59. The summed E-state index contributed by atoms with van der Waals surface area (Å²) in [5.74, 6) is -0.778. The van der Waals surface area contributed by atoms with Crippen molar-refractivity contribution in [3.8, 4) is 0 Å². The Morgan fingerprint density at radius 2 is 2.36 bits per heavy atom. The molecule has 0 unspecified atom stereocenters. The van der Waals surface area contributed by atoms with E-state index in [1.807, 2.05) is 24.4 Å². The van der Waals surface area contributed by atoms with Crippen molar-refractivity contribution in [1.29, 1.82) is 0 Å². The van der Waals surface area contributed by atoms with Crippen LogP contribution in [-0.4, -0.2) is 20.7 Å². The molecule has 2 aromatic rings. The van der Waals surface area contributed by atoms with Gasteiger partial charge in [-0.1, -0.05) is 6.07 Å². The molecule has 4 heteroatoms. The largest absolute Gasteiger partial charge is 0.481 e. The van der Waals surface area contributed by atoms with Crippen LogP contribution in [-0.2, 0) is 11.2 Å². The number of carboxylic acid groups (broad SMARTS) is 1. The van der Waals surface area contributed by atoms with Crippen molar-refractivity contribution in [3.63, 3.8) is 0 Å². The molecule has 0 fully saturated rings. The molecule has 72 valence electrons. The van der Waals surface area contributed by atoms with Crippen LogP contribution in [0.2, 0.25) is 0 Å². The van der Waals surface area contributed by atoms with Crippen LogP contribution in [0.5, 0.6) is 0 Å². The third-order valence-electron chi connectivity index (χ3n) is 2.11. The lowest BCUT2D eigenvalue weighted by Gasteiger charge is -1.95. The highest BCUT2D eigenvalue weighted by atomic mass is 16.4. The Morgan fingerprint density at radius 3 is 3.14 bits per heavy atom. The predicted molar refractivity (Wildman–Crippen MR) is 51.1 cm³/mol. The van der Waals surface area contributed by atoms with Crippen molar-refractivity contribution in [2.75, 3.05) is 0 Å². The Kier molecular flexibility index (Phi) is 2.18. The lowest BCUT2D eigenvalue weighted by Crippen LogP contribution is -1.96. The van der Waals surface area contributed by atoms with Crippen molar-refractivity contribution in [1.82, 2.24) is 9.61 Å². The SMILES string of the molecule is O=C(O)CCc1cnn2ccccc12. The number of aryl methyl sites for hydroxylation is 1. The van der Waals surface area contributed by atoms with Crippen molar-refractivity contribution in [2.45, 2.75) is 12.8 Å². The first kappa shape index (κ1) is 8.74. The topological polar surface area (TPSA) is 54.6 Å². The molecule has 0 saturated heterocycles. The molecule has 0 amide bonds. The van der Waals surface area contributed by atoms with Crippen LogP contribution < -0.4 is 0 Å². The van der Waals surface area contributed by atoms with Crippen LogP contribution in [0, 0.1) is 0 Å². The molecule has 0 aliphatic carbocycles. The minimum Gasteiger partial charge on any atom is -0.481 e. The monoisotopic (exact) mass is 190 g/mol. The molecular weight excluding hydrogens is 180 g/mol. The van der Waals surface area contributed by atoms with E-state index in [2.05, 4.69) is 5.10 Å². The molecule has 2 heterocycles. The van der Waals surface area contributed by atoms with Gasteiger partial charge >= 0.3 is 5.97 Å². The van der Waals surface area contributed by atoms with Crippen molar-refractivity contribution >= 4 is 11.5 Å². The van der Waals surface area contributed by atoms with Crippen molar-refractivity contribution < 1.29 is 9.90 Å². The average molecular weight is 190 g/mol. The van der Waals surface area contributed by atoms with Crippen molar-refractivity contribution in [2.24, 2.45) is 0 Å². The van der Waals surface area contributed by atoms with Crippen LogP contribution in [0.4, 0.5) is 0 Å². The van der Waals surface area contributed by atoms with Gasteiger partial charge in [0.2, 0.25) is 0 Å². The summed E-state index contributed by atoms with van der Waals surface area (Å²) in [4.78, 5) is 10.4. The molecule has 1 N–H and O–H groups in total. The fraction of sp³-hybridized carbons (Fsp3) is 0.200. The Bertz CT molecular complexity index is 462. The number of pyridine rings is 1. The summed E-state index contributed by atoms with van der Waals surface area (Å²) in [7, 11) is 0. The summed E-state index contributed by atoms with van der Waals surface area (Å²) in [6.07, 6.45) is 4.25. The highest BCUT2D eigenvalue weighted by Crippen LogP contribution is 2.11. The highest BCUT2D eigenvalue weighted by molar-refractivity contribution is 5.68. The fourth-order valence-electron chi connectivity index (χ4n) is 1.42. The van der Waals surface area contributed by atoms with E-state index in [1.165, 1.54) is 0 Å². The minimum absolute atomic E-state index is 0.149. The molecule has 0 bridgehead atoms. The highest BCUT2D eigenvalue weighted by Gasteiger charge is 2.04. The zero-order valence-electron chi connectivity index (χ0n) is 7.55. The number of carbonyl (C=O) groups is 1. The van der Waals surface area contributed by atoms with Gasteiger partial charge < -0.3 is 5.11 Å². The molecule has 14 heavy (non-hydrogen) atoms. The molecule has 0 aliphatic rings. The summed E-state index contributed by atoms with van der Waals surface area (Å²) in [6, 6.07) is 5.74. The summed E-state index contributed by atoms with van der Waals surface area (Å²) >= 11 is 0. The van der Waals surface area contributed by atoms with E-state index in [0.717, 1.165) is 11.1 Å². The molecule has 0 saturated carbocycles. The van der Waals surface area contributed by atoms with Gasteiger partial charge in [-0.25, -0.2) is 4.52 Å². The maximum absolute atomic E-state index is 10.4. The van der Waals surface area contributed by atoms with Crippen LogP contribution >= 0.6 is 0 Å². The summed E-state index contributed by atoms with van der Waals surface area (Å²) in [5, 5.41) is 12.7. The molecule has 2 aromatic heterocycles. The molecule has 0 aliphatic heterocycles. The second-order valence-corrected chi connectivity index (χ2v) is 3.09. The van der Waals surface area contributed by atoms with Gasteiger partial charge in [0, 0.05) is 12.6 Å². The Morgan fingerprint density at radius 1 is 1.50 bits per heavy atom. The van der Waals surface area contributed by atoms with E-state index < -0.39 is 5.97 Å². The van der Waals surface area contributed by atoms with E-state index in [0.29, 0.717) is 6.42 Å². The van der Waals surface area contributed by atoms with Gasteiger partial charge in [-0.3, -0.25) is 4.79 Å². The van der Waals surface area contributed by atoms with Crippen LogP contribution in [0.1, 0.15) is 12.0 Å². The Labute approximate surface area is 80.8 Å². The first-order valence-electron chi connectivity index (χ1n) is 4.40. The van der Waals surface area contributed by atoms with E-state index in [9.17, 15) is 4.79 Å². The first-order chi connectivity index (χ1) is 6.77. The predicted octanol–water partition coefficient (Wildman–Crippen LogP) is 1.35. The molecule has 4 nitrogen and oxygen atoms in total. The van der Waals surface area contributed by atoms with Crippen LogP contribution in [0.25, 0.3) is 5.52 Å². The molecule has 2 rings (SSSR count). The lowest BCUT2D eigenvalue weighted by atomic mass is 10.1. The summed E-state index contributed by atoms with van der Waals surface area (Å²) < 4.78 is 1.75. The van der Waals surface area contributed by atoms with Gasteiger partial charge in [-0.15, -0.1) is 0 Å².